The number of amides is 2. The molecule has 7 nitrogen and oxygen atoms in total. The molecule has 0 bridgehead atoms. The molecular weight excluding hydrogens is 300 g/mol. The van der Waals surface area contributed by atoms with E-state index >= 15 is 0 Å². The average molecular weight is 322 g/mol. The third-order valence-electron chi connectivity index (χ3n) is 3.96. The highest BCUT2D eigenvalue weighted by Gasteiger charge is 2.28. The van der Waals surface area contributed by atoms with Crippen molar-refractivity contribution in [1.29, 1.82) is 0 Å². The van der Waals surface area contributed by atoms with Gasteiger partial charge in [-0.2, -0.15) is 0 Å². The molecule has 0 aliphatic carbocycles. The Hall–Kier alpha value is -2.44. The van der Waals surface area contributed by atoms with Crippen molar-refractivity contribution < 1.29 is 23.8 Å². The van der Waals surface area contributed by atoms with E-state index in [1.54, 1.807) is 37.3 Å². The van der Waals surface area contributed by atoms with E-state index in [2.05, 4.69) is 5.32 Å². The van der Waals surface area contributed by atoms with Crippen LogP contribution in [0.2, 0.25) is 0 Å². The van der Waals surface area contributed by atoms with E-state index in [1.165, 1.54) is 7.11 Å². The Morgan fingerprint density at radius 1 is 1.13 bits per heavy atom. The molecule has 0 aromatic heterocycles. The Labute approximate surface area is 135 Å². The largest absolute Gasteiger partial charge is 0.497 e. The molecule has 1 aliphatic rings. The zero-order valence-corrected chi connectivity index (χ0v) is 13.6. The summed E-state index contributed by atoms with van der Waals surface area (Å²) < 4.78 is 15.1. The molecule has 1 N–H and O–H groups in total. The van der Waals surface area contributed by atoms with Gasteiger partial charge in [0.15, 0.2) is 0 Å². The van der Waals surface area contributed by atoms with Gasteiger partial charge in [-0.15, -0.1) is 0 Å². The molecule has 1 saturated heterocycles. The number of benzene rings is 1. The lowest BCUT2D eigenvalue weighted by Gasteiger charge is -2.30. The lowest BCUT2D eigenvalue weighted by Crippen LogP contribution is -2.41. The van der Waals surface area contributed by atoms with Gasteiger partial charge in [-0.05, 0) is 25.0 Å². The van der Waals surface area contributed by atoms with Gasteiger partial charge in [-0.3, -0.25) is 4.79 Å². The van der Waals surface area contributed by atoms with E-state index in [9.17, 15) is 9.59 Å². The second-order valence-electron chi connectivity index (χ2n) is 5.29. The van der Waals surface area contributed by atoms with Gasteiger partial charge in [0.05, 0.1) is 27.0 Å². The number of anilines is 1. The molecule has 1 heterocycles. The summed E-state index contributed by atoms with van der Waals surface area (Å²) in [6.45, 7) is 1.03. The Balaban J connectivity index is 1.99. The van der Waals surface area contributed by atoms with Gasteiger partial charge in [-0.1, -0.05) is 0 Å². The topological polar surface area (TPSA) is 77.1 Å². The lowest BCUT2D eigenvalue weighted by atomic mass is 9.96. The van der Waals surface area contributed by atoms with Crippen molar-refractivity contribution >= 4 is 17.7 Å². The van der Waals surface area contributed by atoms with Gasteiger partial charge in [0.1, 0.15) is 11.5 Å². The Bertz CT molecular complexity index is 568. The Morgan fingerprint density at radius 3 is 2.39 bits per heavy atom. The predicted octanol–water partition coefficient (Wildman–Crippen LogP) is 2.12. The molecule has 2 rings (SSSR count). The molecule has 23 heavy (non-hydrogen) atoms. The molecule has 1 aromatic rings. The molecule has 0 radical (unpaired) electrons. The zero-order chi connectivity index (χ0) is 16.8. The first-order valence-corrected chi connectivity index (χ1v) is 7.44. The first-order valence-electron chi connectivity index (χ1n) is 7.44. The van der Waals surface area contributed by atoms with Crippen molar-refractivity contribution in [3.8, 4) is 11.5 Å². The number of hydrogen-bond donors (Lipinski definition) is 1. The normalized spacial score (nSPS) is 15.0. The maximum absolute atomic E-state index is 12.4. The van der Waals surface area contributed by atoms with Crippen LogP contribution in [-0.4, -0.2) is 51.3 Å². The number of ether oxygens (including phenoxy) is 3. The monoisotopic (exact) mass is 322 g/mol. The Kier molecular flexibility index (Phi) is 5.67. The number of carbonyl (C=O) groups is 2. The number of hydrogen-bond acceptors (Lipinski definition) is 5. The summed E-state index contributed by atoms with van der Waals surface area (Å²) in [5, 5.41) is 2.89. The number of nitrogens with zero attached hydrogens (tertiary/aromatic N) is 1. The number of methoxy groups -OCH3 is 3. The highest BCUT2D eigenvalue weighted by Crippen LogP contribution is 2.30. The van der Waals surface area contributed by atoms with Crippen LogP contribution in [0.4, 0.5) is 10.5 Å². The first kappa shape index (κ1) is 16.9. The quantitative estimate of drug-likeness (QED) is 0.919. The highest BCUT2D eigenvalue weighted by molar-refractivity contribution is 5.94. The third-order valence-corrected chi connectivity index (χ3v) is 3.96. The fourth-order valence-electron chi connectivity index (χ4n) is 2.60. The van der Waals surface area contributed by atoms with Gasteiger partial charge in [-0.25, -0.2) is 4.79 Å². The molecule has 0 atom stereocenters. The second-order valence-corrected chi connectivity index (χ2v) is 5.29. The summed E-state index contributed by atoms with van der Waals surface area (Å²) in [6, 6.07) is 5.23. The van der Waals surface area contributed by atoms with Crippen molar-refractivity contribution in [2.75, 3.05) is 39.7 Å². The van der Waals surface area contributed by atoms with Crippen molar-refractivity contribution in [2.45, 2.75) is 12.8 Å². The smallest absolute Gasteiger partial charge is 0.409 e. The van der Waals surface area contributed by atoms with Crippen LogP contribution in [0.15, 0.2) is 18.2 Å². The van der Waals surface area contributed by atoms with Crippen molar-refractivity contribution in [3.05, 3.63) is 18.2 Å². The standard InChI is InChI=1S/C16H22N2O5/c1-21-12-4-5-14(22-2)13(10-12)17-15(19)11-6-8-18(9-7-11)16(20)23-3/h4-5,10-11H,6-9H2,1-3H3,(H,17,19). The molecule has 1 aromatic carbocycles. The molecule has 1 fully saturated rings. The lowest BCUT2D eigenvalue weighted by molar-refractivity contribution is -0.121. The van der Waals surface area contributed by atoms with E-state index in [0.717, 1.165) is 0 Å². The van der Waals surface area contributed by atoms with E-state index in [4.69, 9.17) is 14.2 Å². The molecule has 0 spiro atoms. The van der Waals surface area contributed by atoms with Crippen molar-refractivity contribution in [1.82, 2.24) is 4.90 Å². The van der Waals surface area contributed by atoms with E-state index in [1.807, 2.05) is 0 Å². The SMILES string of the molecule is COC(=O)N1CCC(C(=O)Nc2cc(OC)ccc2OC)CC1. The summed E-state index contributed by atoms with van der Waals surface area (Å²) >= 11 is 0. The summed E-state index contributed by atoms with van der Waals surface area (Å²) in [7, 11) is 4.47. The summed E-state index contributed by atoms with van der Waals surface area (Å²) in [6.07, 6.45) is 0.860. The van der Waals surface area contributed by atoms with Gasteiger partial charge < -0.3 is 24.4 Å². The fourth-order valence-corrected chi connectivity index (χ4v) is 2.60. The zero-order valence-electron chi connectivity index (χ0n) is 13.6. The molecule has 0 saturated carbocycles. The molecule has 126 valence electrons. The van der Waals surface area contributed by atoms with Gasteiger partial charge in [0.2, 0.25) is 5.91 Å². The molecule has 1 aliphatic heterocycles. The van der Waals surface area contributed by atoms with Crippen molar-refractivity contribution in [3.63, 3.8) is 0 Å². The number of likely N-dealkylation sites (tertiary alicyclic amines) is 1. The van der Waals surface area contributed by atoms with E-state index in [0.29, 0.717) is 43.1 Å². The van der Waals surface area contributed by atoms with E-state index < -0.39 is 0 Å². The fraction of sp³-hybridized carbons (Fsp3) is 0.500. The maximum Gasteiger partial charge on any atom is 0.409 e. The van der Waals surface area contributed by atoms with Crippen LogP contribution in [0, 0.1) is 5.92 Å². The van der Waals surface area contributed by atoms with Crippen LogP contribution in [-0.2, 0) is 9.53 Å². The van der Waals surface area contributed by atoms with Crippen LogP contribution in [0.25, 0.3) is 0 Å². The minimum absolute atomic E-state index is 0.0823. The predicted molar refractivity (Wildman–Crippen MR) is 84.9 cm³/mol. The Morgan fingerprint density at radius 2 is 1.83 bits per heavy atom. The molecule has 2 amide bonds. The van der Waals surface area contributed by atoms with Crippen LogP contribution in [0.5, 0.6) is 11.5 Å². The van der Waals surface area contributed by atoms with E-state index in [-0.39, 0.29) is 17.9 Å². The summed E-state index contributed by atoms with van der Waals surface area (Å²) in [5.41, 5.74) is 0.576. The summed E-state index contributed by atoms with van der Waals surface area (Å²) in [4.78, 5) is 25.5. The average Bonchev–Trinajstić information content (AvgIpc) is 2.61. The van der Waals surface area contributed by atoms with Crippen LogP contribution in [0.1, 0.15) is 12.8 Å². The molecular formula is C16H22N2O5. The minimum Gasteiger partial charge on any atom is -0.497 e. The van der Waals surface area contributed by atoms with Crippen LogP contribution >= 0.6 is 0 Å². The summed E-state index contributed by atoms with van der Waals surface area (Å²) in [5.74, 6) is 0.987. The van der Waals surface area contributed by atoms with Crippen molar-refractivity contribution in [2.24, 2.45) is 5.92 Å². The number of piperidine rings is 1. The third kappa shape index (κ3) is 4.06. The molecule has 7 heteroatoms. The number of nitrogens with one attached hydrogen (secondary N) is 1. The van der Waals surface area contributed by atoms with Crippen LogP contribution < -0.4 is 14.8 Å². The second kappa shape index (κ2) is 7.71. The minimum atomic E-state index is -0.349. The van der Waals surface area contributed by atoms with Crippen LogP contribution in [0.3, 0.4) is 0 Å². The molecule has 0 unspecified atom stereocenters. The number of rotatable bonds is 4. The van der Waals surface area contributed by atoms with Gasteiger partial charge in [0.25, 0.3) is 0 Å². The number of carbonyl (C=O) groups excluding carboxylic acids is 2. The first-order chi connectivity index (χ1) is 11.1. The van der Waals surface area contributed by atoms with Gasteiger partial charge >= 0.3 is 6.09 Å². The highest BCUT2D eigenvalue weighted by atomic mass is 16.5. The maximum atomic E-state index is 12.4. The van der Waals surface area contributed by atoms with Gasteiger partial charge in [0, 0.05) is 25.1 Å².